The normalized spacial score (nSPS) is 16.2. The van der Waals surface area contributed by atoms with E-state index in [-0.39, 0.29) is 41.8 Å². The third-order valence-electron chi connectivity index (χ3n) is 4.34. The first-order chi connectivity index (χ1) is 13.8. The first-order valence-electron chi connectivity index (χ1n) is 8.73. The molecule has 8 nitrogen and oxygen atoms in total. The first kappa shape index (κ1) is 21.3. The lowest BCUT2D eigenvalue weighted by molar-refractivity contribution is -0.127. The van der Waals surface area contributed by atoms with Crippen LogP contribution in [0.4, 0.5) is 0 Å². The van der Waals surface area contributed by atoms with Gasteiger partial charge in [0.15, 0.2) is 0 Å². The highest BCUT2D eigenvalue weighted by molar-refractivity contribution is 7.89. The molecule has 1 amide bonds. The first-order valence-corrected chi connectivity index (χ1v) is 10.5. The number of ether oxygens (including phenoxy) is 2. The Balaban J connectivity index is 1.88. The van der Waals surface area contributed by atoms with Crippen molar-refractivity contribution in [3.05, 3.63) is 64.7 Å². The number of primary amides is 1. The molecule has 1 aliphatic rings. The SMILES string of the molecule is NC(=O)C(OC(=O)c1ccc(Cl)c(S(=O)(=O)N2CCOCC2)c1)c1ccccc1. The number of carbonyl (C=O) groups excluding carboxylic acids is 2. The number of halogens is 1. The Morgan fingerprint density at radius 3 is 2.38 bits per heavy atom. The summed E-state index contributed by atoms with van der Waals surface area (Å²) in [5.74, 6) is -1.74. The molecule has 1 unspecified atom stereocenters. The highest BCUT2D eigenvalue weighted by Gasteiger charge is 2.30. The van der Waals surface area contributed by atoms with Crippen molar-refractivity contribution in [1.29, 1.82) is 0 Å². The molecule has 0 saturated carbocycles. The average Bonchev–Trinajstić information content (AvgIpc) is 2.73. The van der Waals surface area contributed by atoms with Crippen molar-refractivity contribution in [2.24, 2.45) is 5.73 Å². The maximum Gasteiger partial charge on any atom is 0.339 e. The molecule has 1 saturated heterocycles. The molecular formula is C19H19ClN2O6S. The fourth-order valence-corrected chi connectivity index (χ4v) is 4.76. The van der Waals surface area contributed by atoms with E-state index >= 15 is 0 Å². The van der Waals surface area contributed by atoms with Gasteiger partial charge in [0, 0.05) is 18.7 Å². The van der Waals surface area contributed by atoms with Gasteiger partial charge in [-0.05, 0) is 18.2 Å². The van der Waals surface area contributed by atoms with E-state index in [0.717, 1.165) is 6.07 Å². The number of hydrogen-bond acceptors (Lipinski definition) is 6. The van der Waals surface area contributed by atoms with Crippen LogP contribution >= 0.6 is 11.6 Å². The van der Waals surface area contributed by atoms with Gasteiger partial charge in [0.2, 0.25) is 16.1 Å². The van der Waals surface area contributed by atoms with Crippen molar-refractivity contribution in [3.63, 3.8) is 0 Å². The molecule has 1 atom stereocenters. The van der Waals surface area contributed by atoms with E-state index in [1.165, 1.54) is 16.4 Å². The Morgan fingerprint density at radius 2 is 1.76 bits per heavy atom. The van der Waals surface area contributed by atoms with Gasteiger partial charge in [-0.3, -0.25) is 4.79 Å². The molecule has 1 aliphatic heterocycles. The van der Waals surface area contributed by atoms with Gasteiger partial charge in [-0.1, -0.05) is 41.9 Å². The molecule has 3 rings (SSSR count). The molecule has 0 bridgehead atoms. The zero-order valence-corrected chi connectivity index (χ0v) is 16.9. The van der Waals surface area contributed by atoms with E-state index in [0.29, 0.717) is 5.56 Å². The number of esters is 1. The highest BCUT2D eigenvalue weighted by atomic mass is 35.5. The Morgan fingerprint density at radius 1 is 1.10 bits per heavy atom. The lowest BCUT2D eigenvalue weighted by Crippen LogP contribution is -2.40. The predicted molar refractivity (Wildman–Crippen MR) is 105 cm³/mol. The summed E-state index contributed by atoms with van der Waals surface area (Å²) >= 11 is 6.09. The van der Waals surface area contributed by atoms with Gasteiger partial charge < -0.3 is 15.2 Å². The van der Waals surface area contributed by atoms with E-state index < -0.39 is 28.0 Å². The fourth-order valence-electron chi connectivity index (χ4n) is 2.85. The standard InChI is InChI=1S/C19H19ClN2O6S/c20-15-7-6-14(12-16(15)29(25,26)22-8-10-27-11-9-22)19(24)28-17(18(21)23)13-4-2-1-3-5-13/h1-7,12,17H,8-11H2,(H2,21,23). The third-order valence-corrected chi connectivity index (χ3v) is 6.72. The van der Waals surface area contributed by atoms with Crippen LogP contribution in [0.5, 0.6) is 0 Å². The Bertz CT molecular complexity index is 1010. The maximum absolute atomic E-state index is 12.9. The van der Waals surface area contributed by atoms with E-state index in [2.05, 4.69) is 0 Å². The number of rotatable bonds is 6. The van der Waals surface area contributed by atoms with Gasteiger partial charge in [-0.25, -0.2) is 13.2 Å². The minimum absolute atomic E-state index is 0.0254. The van der Waals surface area contributed by atoms with Crippen molar-refractivity contribution < 1.29 is 27.5 Å². The van der Waals surface area contributed by atoms with Crippen LogP contribution in [0.2, 0.25) is 5.02 Å². The number of sulfonamides is 1. The van der Waals surface area contributed by atoms with Crippen LogP contribution in [0.15, 0.2) is 53.4 Å². The second-order valence-corrected chi connectivity index (χ2v) is 8.57. The molecule has 0 aliphatic carbocycles. The number of hydrogen-bond donors (Lipinski definition) is 1. The summed E-state index contributed by atoms with van der Waals surface area (Å²) < 4.78 is 37.5. The second kappa shape index (κ2) is 8.91. The average molecular weight is 439 g/mol. The molecule has 0 aromatic heterocycles. The molecule has 2 N–H and O–H groups in total. The quantitative estimate of drug-likeness (QED) is 0.687. The molecule has 2 aromatic rings. The number of benzene rings is 2. The Kier molecular flexibility index (Phi) is 6.53. The molecule has 2 aromatic carbocycles. The smallest absolute Gasteiger partial charge is 0.339 e. The summed E-state index contributed by atoms with van der Waals surface area (Å²) in [6.45, 7) is 0.919. The molecule has 0 spiro atoms. The zero-order valence-electron chi connectivity index (χ0n) is 15.3. The van der Waals surface area contributed by atoms with Crippen LogP contribution in [0, 0.1) is 0 Å². The molecule has 154 valence electrons. The Hall–Kier alpha value is -2.46. The van der Waals surface area contributed by atoms with Crippen LogP contribution in [0.25, 0.3) is 0 Å². The van der Waals surface area contributed by atoms with Gasteiger partial charge >= 0.3 is 5.97 Å². The van der Waals surface area contributed by atoms with Crippen molar-refractivity contribution in [2.45, 2.75) is 11.0 Å². The number of nitrogens with two attached hydrogens (primary N) is 1. The number of morpholine rings is 1. The maximum atomic E-state index is 12.9. The van der Waals surface area contributed by atoms with Gasteiger partial charge in [0.25, 0.3) is 5.91 Å². The van der Waals surface area contributed by atoms with Gasteiger partial charge in [0.1, 0.15) is 4.90 Å². The lowest BCUT2D eigenvalue weighted by atomic mass is 10.1. The summed E-state index contributed by atoms with van der Waals surface area (Å²) in [6, 6.07) is 12.0. The Labute approximate surface area is 173 Å². The zero-order chi connectivity index (χ0) is 21.0. The third kappa shape index (κ3) is 4.76. The van der Waals surface area contributed by atoms with Crippen molar-refractivity contribution >= 4 is 33.5 Å². The van der Waals surface area contributed by atoms with Crippen molar-refractivity contribution in [2.75, 3.05) is 26.3 Å². The number of nitrogens with zero attached hydrogens (tertiary/aromatic N) is 1. The highest BCUT2D eigenvalue weighted by Crippen LogP contribution is 2.28. The predicted octanol–water partition coefficient (Wildman–Crippen LogP) is 1.74. The van der Waals surface area contributed by atoms with E-state index in [4.69, 9.17) is 26.8 Å². The summed E-state index contributed by atoms with van der Waals surface area (Å²) in [6.07, 6.45) is -1.31. The molecular weight excluding hydrogens is 420 g/mol. The van der Waals surface area contributed by atoms with Gasteiger partial charge in [-0.15, -0.1) is 0 Å². The number of amides is 1. The van der Waals surface area contributed by atoms with Crippen LogP contribution in [0.1, 0.15) is 22.0 Å². The monoisotopic (exact) mass is 438 g/mol. The largest absolute Gasteiger partial charge is 0.444 e. The van der Waals surface area contributed by atoms with Gasteiger partial charge in [0.05, 0.1) is 23.8 Å². The van der Waals surface area contributed by atoms with E-state index in [9.17, 15) is 18.0 Å². The molecule has 1 fully saturated rings. The van der Waals surface area contributed by atoms with Crippen LogP contribution in [-0.2, 0) is 24.3 Å². The lowest BCUT2D eigenvalue weighted by Gasteiger charge is -2.26. The van der Waals surface area contributed by atoms with Crippen LogP contribution < -0.4 is 5.73 Å². The molecule has 29 heavy (non-hydrogen) atoms. The number of carbonyl (C=O) groups is 2. The topological polar surface area (TPSA) is 116 Å². The minimum Gasteiger partial charge on any atom is -0.444 e. The summed E-state index contributed by atoms with van der Waals surface area (Å²) in [5, 5.41) is -0.0254. The van der Waals surface area contributed by atoms with Crippen LogP contribution in [0.3, 0.4) is 0 Å². The molecule has 10 heteroatoms. The van der Waals surface area contributed by atoms with Crippen molar-refractivity contribution in [1.82, 2.24) is 4.31 Å². The summed E-state index contributed by atoms with van der Waals surface area (Å²) in [5.41, 5.74) is 5.70. The van der Waals surface area contributed by atoms with E-state index in [1.807, 2.05) is 0 Å². The van der Waals surface area contributed by atoms with Gasteiger partial charge in [-0.2, -0.15) is 4.31 Å². The van der Waals surface area contributed by atoms with Crippen molar-refractivity contribution in [3.8, 4) is 0 Å². The molecule has 0 radical (unpaired) electrons. The summed E-state index contributed by atoms with van der Waals surface area (Å²) in [4.78, 5) is 24.1. The van der Waals surface area contributed by atoms with Crippen LogP contribution in [-0.4, -0.2) is 50.9 Å². The summed E-state index contributed by atoms with van der Waals surface area (Å²) in [7, 11) is -3.92. The molecule has 1 heterocycles. The fraction of sp³-hybridized carbons (Fsp3) is 0.263. The minimum atomic E-state index is -3.92. The second-order valence-electron chi connectivity index (χ2n) is 6.26. The van der Waals surface area contributed by atoms with E-state index in [1.54, 1.807) is 30.3 Å².